The van der Waals surface area contributed by atoms with E-state index in [1.54, 1.807) is 12.1 Å². The van der Waals surface area contributed by atoms with Crippen LogP contribution in [0.25, 0.3) is 0 Å². The van der Waals surface area contributed by atoms with Gasteiger partial charge in [-0.2, -0.15) is 0 Å². The van der Waals surface area contributed by atoms with Crippen LogP contribution in [0.1, 0.15) is 49.7 Å². The predicted molar refractivity (Wildman–Crippen MR) is 136 cm³/mol. The molecule has 36 heavy (non-hydrogen) atoms. The van der Waals surface area contributed by atoms with Gasteiger partial charge in [0.25, 0.3) is 0 Å². The number of phenols is 1. The van der Waals surface area contributed by atoms with Crippen LogP contribution >= 0.6 is 11.6 Å². The third-order valence-electron chi connectivity index (χ3n) is 6.53. The van der Waals surface area contributed by atoms with Crippen LogP contribution in [0, 0.1) is 0 Å². The third kappa shape index (κ3) is 5.27. The maximum atomic E-state index is 13.7. The molecule has 0 spiro atoms. The summed E-state index contributed by atoms with van der Waals surface area (Å²) in [6.45, 7) is 4.35. The normalized spacial score (nSPS) is 19.6. The molecule has 2 aliphatic rings. The average molecular weight is 512 g/mol. The molecule has 0 aromatic heterocycles. The summed E-state index contributed by atoms with van der Waals surface area (Å²) in [4.78, 5) is 26.9. The number of halogens is 1. The fraction of sp³-hybridized carbons (Fsp3) is 0.357. The van der Waals surface area contributed by atoms with Crippen molar-refractivity contribution in [3.05, 3.63) is 81.2 Å². The minimum Gasteiger partial charge on any atom is -0.504 e. The molecule has 2 atom stereocenters. The van der Waals surface area contributed by atoms with Crippen LogP contribution in [0.3, 0.4) is 0 Å². The van der Waals surface area contributed by atoms with Gasteiger partial charge in [-0.25, -0.2) is 4.79 Å². The smallest absolute Gasteiger partial charge is 0.336 e. The van der Waals surface area contributed by atoms with Crippen LogP contribution in [0.2, 0.25) is 5.02 Å². The van der Waals surface area contributed by atoms with E-state index in [1.807, 2.05) is 38.1 Å². The Balaban J connectivity index is 1.78. The molecule has 2 aromatic rings. The Morgan fingerprint density at radius 3 is 2.53 bits per heavy atom. The second-order valence-electron chi connectivity index (χ2n) is 8.86. The molecule has 1 aliphatic carbocycles. The Kier molecular flexibility index (Phi) is 8.01. The topological polar surface area (TPSA) is 94.1 Å². The number of nitrogens with one attached hydrogen (secondary N) is 1. The average Bonchev–Trinajstić information content (AvgIpc) is 2.85. The van der Waals surface area contributed by atoms with Crippen molar-refractivity contribution in [1.82, 2.24) is 5.32 Å². The molecule has 2 aromatic carbocycles. The third-order valence-corrected chi connectivity index (χ3v) is 6.78. The summed E-state index contributed by atoms with van der Waals surface area (Å²) < 4.78 is 16.1. The quantitative estimate of drug-likeness (QED) is 0.380. The van der Waals surface area contributed by atoms with Crippen molar-refractivity contribution in [1.29, 1.82) is 0 Å². The highest BCUT2D eigenvalue weighted by Crippen LogP contribution is 2.47. The molecule has 0 unspecified atom stereocenters. The Bertz CT molecular complexity index is 1220. The number of ketones is 1. The summed E-state index contributed by atoms with van der Waals surface area (Å²) in [5.41, 5.74) is 4.01. The molecular formula is C28H30ClNO6. The zero-order valence-corrected chi connectivity index (χ0v) is 21.4. The van der Waals surface area contributed by atoms with Crippen LogP contribution in [-0.4, -0.2) is 43.8 Å². The summed E-state index contributed by atoms with van der Waals surface area (Å²) in [7, 11) is 1.53. The fourth-order valence-electron chi connectivity index (χ4n) is 4.89. The molecule has 190 valence electrons. The lowest BCUT2D eigenvalue weighted by atomic mass is 9.71. The molecule has 0 bridgehead atoms. The summed E-state index contributed by atoms with van der Waals surface area (Å²) in [6, 6.07) is 12.5. The number of ether oxygens (including phenoxy) is 3. The lowest BCUT2D eigenvalue weighted by Crippen LogP contribution is -2.36. The Morgan fingerprint density at radius 1 is 1.11 bits per heavy atom. The maximum absolute atomic E-state index is 13.7. The SMILES string of the molecule is CCOc1cc([C@H]2C(C(=O)OCCOC)=C(C)NC3=C2C(=O)C[C@H](c2ccc(Cl)cc2)C3)ccc1O. The number of aromatic hydroxyl groups is 1. The van der Waals surface area contributed by atoms with Crippen LogP contribution in [0.5, 0.6) is 11.5 Å². The van der Waals surface area contributed by atoms with Crippen molar-refractivity contribution >= 4 is 23.4 Å². The zero-order chi connectivity index (χ0) is 25.8. The van der Waals surface area contributed by atoms with Gasteiger partial charge >= 0.3 is 5.97 Å². The van der Waals surface area contributed by atoms with Crippen molar-refractivity contribution in [2.24, 2.45) is 0 Å². The number of carbonyl (C=O) groups is 2. The van der Waals surface area contributed by atoms with Gasteiger partial charge in [-0.05, 0) is 61.6 Å². The number of dihydropyridines is 1. The molecular weight excluding hydrogens is 482 g/mol. The molecule has 0 saturated heterocycles. The Morgan fingerprint density at radius 2 is 1.83 bits per heavy atom. The minimum atomic E-state index is -0.658. The Labute approximate surface area is 215 Å². The van der Waals surface area contributed by atoms with Crippen molar-refractivity contribution in [3.63, 3.8) is 0 Å². The first-order valence-corrected chi connectivity index (χ1v) is 12.3. The number of hydrogen-bond acceptors (Lipinski definition) is 7. The molecule has 0 amide bonds. The van der Waals surface area contributed by atoms with E-state index in [1.165, 1.54) is 13.2 Å². The van der Waals surface area contributed by atoms with E-state index < -0.39 is 11.9 Å². The molecule has 0 saturated carbocycles. The molecule has 0 fully saturated rings. The number of Topliss-reactive ketones (excluding diaryl/α,β-unsaturated/α-hetero) is 1. The summed E-state index contributed by atoms with van der Waals surface area (Å²) >= 11 is 6.06. The lowest BCUT2D eigenvalue weighted by molar-refractivity contribution is -0.140. The molecule has 0 radical (unpaired) electrons. The highest BCUT2D eigenvalue weighted by molar-refractivity contribution is 6.30. The first kappa shape index (κ1) is 25.8. The van der Waals surface area contributed by atoms with E-state index in [-0.39, 0.29) is 30.7 Å². The number of carbonyl (C=O) groups excluding carboxylic acids is 2. The van der Waals surface area contributed by atoms with E-state index >= 15 is 0 Å². The van der Waals surface area contributed by atoms with Crippen molar-refractivity contribution in [2.75, 3.05) is 26.9 Å². The van der Waals surface area contributed by atoms with Gasteiger partial charge in [-0.15, -0.1) is 0 Å². The molecule has 2 N–H and O–H groups in total. The maximum Gasteiger partial charge on any atom is 0.336 e. The van der Waals surface area contributed by atoms with Crippen LogP contribution in [0.15, 0.2) is 65.0 Å². The molecule has 4 rings (SSSR count). The van der Waals surface area contributed by atoms with Gasteiger partial charge in [0.05, 0.1) is 18.8 Å². The summed E-state index contributed by atoms with van der Waals surface area (Å²) in [6.07, 6.45) is 0.916. The number of benzene rings is 2. The number of methoxy groups -OCH3 is 1. The van der Waals surface area contributed by atoms with Gasteiger partial charge in [0.2, 0.25) is 0 Å². The predicted octanol–water partition coefficient (Wildman–Crippen LogP) is 5.00. The number of hydrogen-bond donors (Lipinski definition) is 2. The number of esters is 1. The second kappa shape index (κ2) is 11.2. The van der Waals surface area contributed by atoms with Gasteiger partial charge in [0.15, 0.2) is 17.3 Å². The van der Waals surface area contributed by atoms with E-state index in [0.29, 0.717) is 52.6 Å². The molecule has 1 aliphatic heterocycles. The van der Waals surface area contributed by atoms with E-state index in [9.17, 15) is 14.7 Å². The van der Waals surface area contributed by atoms with E-state index in [0.717, 1.165) is 11.3 Å². The first-order valence-electron chi connectivity index (χ1n) is 11.9. The molecule has 7 nitrogen and oxygen atoms in total. The minimum absolute atomic E-state index is 0.00793. The first-order chi connectivity index (χ1) is 17.3. The fourth-order valence-corrected chi connectivity index (χ4v) is 5.02. The van der Waals surface area contributed by atoms with Crippen LogP contribution in [0.4, 0.5) is 0 Å². The highest BCUT2D eigenvalue weighted by atomic mass is 35.5. The standard InChI is InChI=1S/C28H30ClNO6/c1-4-35-24-15-18(7-10-22(24)31)26-25(28(33)36-12-11-34-3)16(2)30-21-13-19(14-23(32)27(21)26)17-5-8-20(29)9-6-17/h5-10,15,19,26,30-31H,4,11-14H2,1-3H3/t19-,26+/m1/s1. The Hall–Kier alpha value is -3.29. The number of rotatable bonds is 8. The van der Waals surface area contributed by atoms with Gasteiger partial charge in [-0.1, -0.05) is 29.8 Å². The monoisotopic (exact) mass is 511 g/mol. The largest absolute Gasteiger partial charge is 0.504 e. The summed E-state index contributed by atoms with van der Waals surface area (Å²) in [5, 5.41) is 14.2. The van der Waals surface area contributed by atoms with Gasteiger partial charge < -0.3 is 24.6 Å². The molecule has 8 heteroatoms. The lowest BCUT2D eigenvalue weighted by Gasteiger charge is -2.36. The van der Waals surface area contributed by atoms with Crippen LogP contribution < -0.4 is 10.1 Å². The van der Waals surface area contributed by atoms with Gasteiger partial charge in [0, 0.05) is 41.4 Å². The van der Waals surface area contributed by atoms with Crippen molar-refractivity contribution < 1.29 is 28.9 Å². The second-order valence-corrected chi connectivity index (χ2v) is 9.29. The molecule has 1 heterocycles. The summed E-state index contributed by atoms with van der Waals surface area (Å²) in [5.74, 6) is -0.950. The van der Waals surface area contributed by atoms with Gasteiger partial charge in [0.1, 0.15) is 6.61 Å². The zero-order valence-electron chi connectivity index (χ0n) is 20.6. The van der Waals surface area contributed by atoms with E-state index in [4.69, 9.17) is 25.8 Å². The number of allylic oxidation sites excluding steroid dienone is 3. The van der Waals surface area contributed by atoms with Gasteiger partial charge in [-0.3, -0.25) is 4.79 Å². The van der Waals surface area contributed by atoms with E-state index in [2.05, 4.69) is 5.32 Å². The number of phenolic OH excluding ortho intramolecular Hbond substituents is 1. The van der Waals surface area contributed by atoms with Crippen molar-refractivity contribution in [3.8, 4) is 11.5 Å². The highest BCUT2D eigenvalue weighted by Gasteiger charge is 2.41. The van der Waals surface area contributed by atoms with Crippen molar-refractivity contribution in [2.45, 2.75) is 38.5 Å². The van der Waals surface area contributed by atoms with Crippen LogP contribution in [-0.2, 0) is 19.1 Å².